The zero-order chi connectivity index (χ0) is 12.6. The van der Waals surface area contributed by atoms with Gasteiger partial charge in [0, 0.05) is 12.6 Å². The predicted molar refractivity (Wildman–Crippen MR) is 77.7 cm³/mol. The monoisotopic (exact) mass is 246 g/mol. The molecule has 0 spiro atoms. The molecule has 0 saturated carbocycles. The Morgan fingerprint density at radius 2 is 2.06 bits per heavy atom. The number of hydrogen-bond donors (Lipinski definition) is 1. The molecule has 100 valence electrons. The van der Waals surface area contributed by atoms with Gasteiger partial charge >= 0.3 is 0 Å². The second-order valence-corrected chi connectivity index (χ2v) is 5.25. The van der Waals surface area contributed by atoms with Crippen LogP contribution in [0.1, 0.15) is 38.2 Å². The van der Waals surface area contributed by atoms with Crippen molar-refractivity contribution in [2.45, 2.75) is 45.2 Å². The van der Waals surface area contributed by atoms with Crippen LogP contribution in [0, 0.1) is 0 Å². The van der Waals surface area contributed by atoms with E-state index in [4.69, 9.17) is 0 Å². The van der Waals surface area contributed by atoms with Crippen LogP contribution in [-0.2, 0) is 6.54 Å². The maximum Gasteiger partial charge on any atom is 0.0236 e. The van der Waals surface area contributed by atoms with E-state index in [-0.39, 0.29) is 0 Å². The van der Waals surface area contributed by atoms with E-state index in [2.05, 4.69) is 47.5 Å². The van der Waals surface area contributed by atoms with E-state index in [9.17, 15) is 0 Å². The minimum atomic E-state index is 0.776. The van der Waals surface area contributed by atoms with E-state index < -0.39 is 0 Å². The molecule has 1 aliphatic rings. The molecule has 1 unspecified atom stereocenters. The molecule has 1 saturated heterocycles. The van der Waals surface area contributed by atoms with Gasteiger partial charge < -0.3 is 5.32 Å². The lowest BCUT2D eigenvalue weighted by atomic mass is 9.98. The molecular formula is C16H26N2. The van der Waals surface area contributed by atoms with Crippen LogP contribution in [0.4, 0.5) is 0 Å². The van der Waals surface area contributed by atoms with Gasteiger partial charge in [-0.05, 0) is 44.5 Å². The van der Waals surface area contributed by atoms with Crippen LogP contribution in [0.15, 0.2) is 30.3 Å². The fraction of sp³-hybridized carbons (Fsp3) is 0.625. The van der Waals surface area contributed by atoms with Crippen molar-refractivity contribution in [3.8, 4) is 0 Å². The summed E-state index contributed by atoms with van der Waals surface area (Å²) in [6.07, 6.45) is 5.44. The fourth-order valence-electron chi connectivity index (χ4n) is 2.86. The Kier molecular flexibility index (Phi) is 5.69. The number of nitrogens with zero attached hydrogens (tertiary/aromatic N) is 1. The van der Waals surface area contributed by atoms with E-state index in [0.29, 0.717) is 0 Å². The van der Waals surface area contributed by atoms with Crippen LogP contribution in [-0.4, -0.2) is 30.6 Å². The summed E-state index contributed by atoms with van der Waals surface area (Å²) in [4.78, 5) is 2.68. The maximum absolute atomic E-state index is 3.45. The third-order valence-corrected chi connectivity index (χ3v) is 3.88. The molecule has 0 radical (unpaired) electrons. The van der Waals surface area contributed by atoms with Gasteiger partial charge in [0.15, 0.2) is 0 Å². The molecule has 1 aromatic carbocycles. The lowest BCUT2D eigenvalue weighted by Crippen LogP contribution is -2.40. The smallest absolute Gasteiger partial charge is 0.0236 e. The van der Waals surface area contributed by atoms with Crippen molar-refractivity contribution in [3.63, 3.8) is 0 Å². The highest BCUT2D eigenvalue weighted by molar-refractivity contribution is 5.14. The summed E-state index contributed by atoms with van der Waals surface area (Å²) in [6, 6.07) is 11.7. The number of rotatable bonds is 6. The Bertz CT molecular complexity index is 323. The van der Waals surface area contributed by atoms with Crippen LogP contribution in [0.5, 0.6) is 0 Å². The molecule has 18 heavy (non-hydrogen) atoms. The van der Waals surface area contributed by atoms with E-state index in [1.54, 1.807) is 0 Å². The number of likely N-dealkylation sites (tertiary alicyclic amines) is 1. The molecule has 1 atom stereocenters. The van der Waals surface area contributed by atoms with E-state index in [0.717, 1.165) is 25.7 Å². The lowest BCUT2D eigenvalue weighted by Gasteiger charge is -2.36. The minimum Gasteiger partial charge on any atom is -0.317 e. The Morgan fingerprint density at radius 3 is 2.83 bits per heavy atom. The summed E-state index contributed by atoms with van der Waals surface area (Å²) in [5, 5.41) is 3.45. The average molecular weight is 246 g/mol. The Labute approximate surface area is 111 Å². The number of benzene rings is 1. The standard InChI is InChI=1S/C16H26N2/c1-2-17-12-11-16-10-6-7-13-18(16)14-15-8-4-3-5-9-15/h3-5,8-9,16-17H,2,6-7,10-14H2,1H3. The number of piperidine rings is 1. The first-order valence-corrected chi connectivity index (χ1v) is 7.39. The quantitative estimate of drug-likeness (QED) is 0.776. The third-order valence-electron chi connectivity index (χ3n) is 3.88. The molecule has 2 heteroatoms. The average Bonchev–Trinajstić information content (AvgIpc) is 2.42. The fourth-order valence-corrected chi connectivity index (χ4v) is 2.86. The highest BCUT2D eigenvalue weighted by Crippen LogP contribution is 2.21. The molecule has 1 heterocycles. The first-order chi connectivity index (χ1) is 8.90. The van der Waals surface area contributed by atoms with Crippen LogP contribution in [0.3, 0.4) is 0 Å². The molecule has 1 aliphatic heterocycles. The predicted octanol–water partition coefficient (Wildman–Crippen LogP) is 3.04. The molecule has 0 bridgehead atoms. The van der Waals surface area contributed by atoms with Crippen molar-refractivity contribution >= 4 is 0 Å². The second-order valence-electron chi connectivity index (χ2n) is 5.25. The maximum atomic E-state index is 3.45. The van der Waals surface area contributed by atoms with Gasteiger partial charge in [0.25, 0.3) is 0 Å². The van der Waals surface area contributed by atoms with Gasteiger partial charge in [-0.15, -0.1) is 0 Å². The summed E-state index contributed by atoms with van der Waals surface area (Å²) in [6.45, 7) is 6.82. The normalized spacial score (nSPS) is 21.1. The van der Waals surface area contributed by atoms with Gasteiger partial charge in [0.1, 0.15) is 0 Å². The van der Waals surface area contributed by atoms with Crippen molar-refractivity contribution < 1.29 is 0 Å². The van der Waals surface area contributed by atoms with E-state index in [1.807, 2.05) is 0 Å². The number of hydrogen-bond acceptors (Lipinski definition) is 2. The molecular weight excluding hydrogens is 220 g/mol. The first kappa shape index (κ1) is 13.6. The topological polar surface area (TPSA) is 15.3 Å². The highest BCUT2D eigenvalue weighted by atomic mass is 15.2. The zero-order valence-electron chi connectivity index (χ0n) is 11.6. The summed E-state index contributed by atoms with van der Waals surface area (Å²) in [5.74, 6) is 0. The van der Waals surface area contributed by atoms with Crippen molar-refractivity contribution in [2.75, 3.05) is 19.6 Å². The van der Waals surface area contributed by atoms with Gasteiger partial charge in [0.2, 0.25) is 0 Å². The van der Waals surface area contributed by atoms with Gasteiger partial charge in [-0.25, -0.2) is 0 Å². The summed E-state index contributed by atoms with van der Waals surface area (Å²) >= 11 is 0. The Morgan fingerprint density at radius 1 is 1.22 bits per heavy atom. The molecule has 0 aliphatic carbocycles. The molecule has 2 rings (SSSR count). The van der Waals surface area contributed by atoms with E-state index >= 15 is 0 Å². The van der Waals surface area contributed by atoms with Crippen LogP contribution >= 0.6 is 0 Å². The van der Waals surface area contributed by atoms with Gasteiger partial charge in [-0.1, -0.05) is 43.7 Å². The summed E-state index contributed by atoms with van der Waals surface area (Å²) < 4.78 is 0. The van der Waals surface area contributed by atoms with Crippen molar-refractivity contribution in [1.29, 1.82) is 0 Å². The van der Waals surface area contributed by atoms with Crippen LogP contribution < -0.4 is 5.32 Å². The van der Waals surface area contributed by atoms with Gasteiger partial charge in [-0.3, -0.25) is 4.90 Å². The first-order valence-electron chi connectivity index (χ1n) is 7.39. The minimum absolute atomic E-state index is 0.776. The molecule has 1 aromatic rings. The Hall–Kier alpha value is -0.860. The molecule has 0 aromatic heterocycles. The highest BCUT2D eigenvalue weighted by Gasteiger charge is 2.21. The molecule has 2 nitrogen and oxygen atoms in total. The summed E-state index contributed by atoms with van der Waals surface area (Å²) in [7, 11) is 0. The van der Waals surface area contributed by atoms with E-state index in [1.165, 1.54) is 37.8 Å². The van der Waals surface area contributed by atoms with Crippen molar-refractivity contribution in [3.05, 3.63) is 35.9 Å². The van der Waals surface area contributed by atoms with Gasteiger partial charge in [0.05, 0.1) is 0 Å². The number of nitrogens with one attached hydrogen (secondary N) is 1. The van der Waals surface area contributed by atoms with Crippen molar-refractivity contribution in [1.82, 2.24) is 10.2 Å². The van der Waals surface area contributed by atoms with Crippen LogP contribution in [0.25, 0.3) is 0 Å². The molecule has 1 fully saturated rings. The summed E-state index contributed by atoms with van der Waals surface area (Å²) in [5.41, 5.74) is 1.45. The largest absolute Gasteiger partial charge is 0.317 e. The zero-order valence-corrected chi connectivity index (χ0v) is 11.6. The Balaban J connectivity index is 1.87. The molecule has 1 N–H and O–H groups in total. The van der Waals surface area contributed by atoms with Crippen molar-refractivity contribution in [2.24, 2.45) is 0 Å². The molecule has 0 amide bonds. The van der Waals surface area contributed by atoms with Gasteiger partial charge in [-0.2, -0.15) is 0 Å². The second kappa shape index (κ2) is 7.55. The SMILES string of the molecule is CCNCCC1CCCCN1Cc1ccccc1. The van der Waals surface area contributed by atoms with Crippen LogP contribution in [0.2, 0.25) is 0 Å². The third kappa shape index (κ3) is 4.11. The lowest BCUT2D eigenvalue weighted by molar-refractivity contribution is 0.132.